The maximum absolute atomic E-state index is 11.7. The van der Waals surface area contributed by atoms with Crippen molar-refractivity contribution in [3.05, 3.63) is 29.8 Å². The lowest BCUT2D eigenvalue weighted by Crippen LogP contribution is -2.44. The SMILES string of the molecule is CCC(C)(C)NC(=O)CO/N=C(/N)c1ccccc1OC. The summed E-state index contributed by atoms with van der Waals surface area (Å²) in [6.45, 7) is 5.70. The Hall–Kier alpha value is -2.24. The van der Waals surface area contributed by atoms with Gasteiger partial charge >= 0.3 is 0 Å². The van der Waals surface area contributed by atoms with Crippen molar-refractivity contribution in [1.82, 2.24) is 5.32 Å². The number of carbonyl (C=O) groups is 1. The van der Waals surface area contributed by atoms with E-state index in [1.54, 1.807) is 19.2 Å². The molecule has 0 atom stereocenters. The van der Waals surface area contributed by atoms with Gasteiger partial charge in [0.05, 0.1) is 12.7 Å². The summed E-state index contributed by atoms with van der Waals surface area (Å²) >= 11 is 0. The molecule has 1 aromatic carbocycles. The molecule has 6 heteroatoms. The smallest absolute Gasteiger partial charge is 0.261 e. The van der Waals surface area contributed by atoms with Crippen LogP contribution >= 0.6 is 0 Å². The predicted molar refractivity (Wildman–Crippen MR) is 82.2 cm³/mol. The number of ether oxygens (including phenoxy) is 1. The van der Waals surface area contributed by atoms with Gasteiger partial charge in [-0.1, -0.05) is 24.2 Å². The van der Waals surface area contributed by atoms with E-state index in [0.717, 1.165) is 6.42 Å². The van der Waals surface area contributed by atoms with E-state index in [4.69, 9.17) is 15.3 Å². The first-order valence-corrected chi connectivity index (χ1v) is 6.79. The van der Waals surface area contributed by atoms with Gasteiger partial charge in [0, 0.05) is 5.54 Å². The number of hydrogen-bond acceptors (Lipinski definition) is 4. The molecule has 6 nitrogen and oxygen atoms in total. The van der Waals surface area contributed by atoms with Crippen molar-refractivity contribution < 1.29 is 14.4 Å². The molecule has 0 aromatic heterocycles. The Bertz CT molecular complexity index is 513. The molecule has 0 aliphatic heterocycles. The van der Waals surface area contributed by atoms with Gasteiger partial charge in [-0.25, -0.2) is 0 Å². The van der Waals surface area contributed by atoms with E-state index in [2.05, 4.69) is 10.5 Å². The Morgan fingerprint density at radius 2 is 2.05 bits per heavy atom. The minimum atomic E-state index is -0.266. The molecule has 1 aromatic rings. The minimum Gasteiger partial charge on any atom is -0.496 e. The van der Waals surface area contributed by atoms with E-state index in [1.165, 1.54) is 0 Å². The third kappa shape index (κ3) is 5.33. The first kappa shape index (κ1) is 16.8. The van der Waals surface area contributed by atoms with Crippen LogP contribution in [0.25, 0.3) is 0 Å². The number of carbonyl (C=O) groups excluding carboxylic acids is 1. The highest BCUT2D eigenvalue weighted by atomic mass is 16.6. The highest BCUT2D eigenvalue weighted by molar-refractivity contribution is 5.99. The second-order valence-corrected chi connectivity index (χ2v) is 5.24. The third-order valence-electron chi connectivity index (χ3n) is 3.10. The van der Waals surface area contributed by atoms with E-state index >= 15 is 0 Å². The Labute approximate surface area is 125 Å². The molecule has 0 saturated heterocycles. The van der Waals surface area contributed by atoms with Crippen LogP contribution in [0.5, 0.6) is 5.75 Å². The van der Waals surface area contributed by atoms with E-state index in [1.807, 2.05) is 32.9 Å². The Balaban J connectivity index is 2.59. The molecule has 0 aliphatic rings. The second kappa shape index (κ2) is 7.52. The average Bonchev–Trinajstić information content (AvgIpc) is 2.46. The van der Waals surface area contributed by atoms with Gasteiger partial charge in [0.15, 0.2) is 12.4 Å². The summed E-state index contributed by atoms with van der Waals surface area (Å²) in [6.07, 6.45) is 0.825. The van der Waals surface area contributed by atoms with Crippen molar-refractivity contribution >= 4 is 11.7 Å². The summed E-state index contributed by atoms with van der Waals surface area (Å²) in [4.78, 5) is 16.7. The lowest BCUT2D eigenvalue weighted by molar-refractivity contribution is -0.127. The molecule has 0 radical (unpaired) electrons. The van der Waals surface area contributed by atoms with Crippen LogP contribution in [0, 0.1) is 0 Å². The molecule has 0 bridgehead atoms. The van der Waals surface area contributed by atoms with Gasteiger partial charge in [-0.3, -0.25) is 4.79 Å². The van der Waals surface area contributed by atoms with E-state index in [-0.39, 0.29) is 23.9 Å². The van der Waals surface area contributed by atoms with Crippen LogP contribution in [0.3, 0.4) is 0 Å². The quantitative estimate of drug-likeness (QED) is 0.454. The average molecular weight is 293 g/mol. The molecule has 0 fully saturated rings. The van der Waals surface area contributed by atoms with E-state index in [0.29, 0.717) is 11.3 Å². The normalized spacial score (nSPS) is 11.9. The number of nitrogens with one attached hydrogen (secondary N) is 1. The summed E-state index contributed by atoms with van der Waals surface area (Å²) in [7, 11) is 1.55. The molecule has 21 heavy (non-hydrogen) atoms. The molecule has 0 unspecified atom stereocenters. The lowest BCUT2D eigenvalue weighted by atomic mass is 10.0. The van der Waals surface area contributed by atoms with Gasteiger partial charge in [-0.2, -0.15) is 0 Å². The summed E-state index contributed by atoms with van der Waals surface area (Å²) in [5.74, 6) is 0.521. The number of para-hydroxylation sites is 1. The fraction of sp³-hybridized carbons (Fsp3) is 0.467. The molecule has 0 saturated carbocycles. The highest BCUT2D eigenvalue weighted by Gasteiger charge is 2.17. The fourth-order valence-corrected chi connectivity index (χ4v) is 1.57. The first-order chi connectivity index (χ1) is 9.89. The third-order valence-corrected chi connectivity index (χ3v) is 3.10. The predicted octanol–water partition coefficient (Wildman–Crippen LogP) is 1.64. The zero-order chi connectivity index (χ0) is 15.9. The maximum Gasteiger partial charge on any atom is 0.261 e. The molecule has 116 valence electrons. The largest absolute Gasteiger partial charge is 0.496 e. The summed E-state index contributed by atoms with van der Waals surface area (Å²) in [5, 5.41) is 6.60. The van der Waals surface area contributed by atoms with Crippen LogP contribution in [-0.2, 0) is 9.63 Å². The van der Waals surface area contributed by atoms with Crippen LogP contribution in [0.1, 0.15) is 32.8 Å². The maximum atomic E-state index is 11.7. The van der Waals surface area contributed by atoms with Crippen molar-refractivity contribution in [2.24, 2.45) is 10.9 Å². The van der Waals surface area contributed by atoms with Gasteiger partial charge in [0.2, 0.25) is 0 Å². The topological polar surface area (TPSA) is 85.9 Å². The fourth-order valence-electron chi connectivity index (χ4n) is 1.57. The summed E-state index contributed by atoms with van der Waals surface area (Å²) < 4.78 is 5.18. The lowest BCUT2D eigenvalue weighted by Gasteiger charge is -2.23. The number of oxime groups is 1. The number of nitrogens with zero attached hydrogens (tertiary/aromatic N) is 1. The van der Waals surface area contributed by atoms with Gasteiger partial charge in [0.1, 0.15) is 5.75 Å². The van der Waals surface area contributed by atoms with Gasteiger partial charge in [0.25, 0.3) is 5.91 Å². The standard InChI is InChI=1S/C15H23N3O3/c1-5-15(2,3)17-13(19)10-21-18-14(16)11-8-6-7-9-12(11)20-4/h6-9H,5,10H2,1-4H3,(H2,16,18)(H,17,19). The molecule has 0 aliphatic carbocycles. The summed E-state index contributed by atoms with van der Waals surface area (Å²) in [5.41, 5.74) is 6.18. The molecule has 1 rings (SSSR count). The van der Waals surface area contributed by atoms with E-state index in [9.17, 15) is 4.79 Å². The van der Waals surface area contributed by atoms with Crippen molar-refractivity contribution in [2.75, 3.05) is 13.7 Å². The number of methoxy groups -OCH3 is 1. The molecule has 1 amide bonds. The highest BCUT2D eigenvalue weighted by Crippen LogP contribution is 2.16. The van der Waals surface area contributed by atoms with Crippen molar-refractivity contribution in [2.45, 2.75) is 32.7 Å². The second-order valence-electron chi connectivity index (χ2n) is 5.24. The Morgan fingerprint density at radius 3 is 2.67 bits per heavy atom. The number of benzene rings is 1. The Kier molecular flexibility index (Phi) is 6.02. The van der Waals surface area contributed by atoms with Gasteiger partial charge < -0.3 is 20.6 Å². The van der Waals surface area contributed by atoms with Crippen LogP contribution in [0.15, 0.2) is 29.4 Å². The molecule has 0 spiro atoms. The molecule has 0 heterocycles. The van der Waals surface area contributed by atoms with Crippen LogP contribution < -0.4 is 15.8 Å². The van der Waals surface area contributed by atoms with Crippen LogP contribution in [-0.4, -0.2) is 31.0 Å². The molecular weight excluding hydrogens is 270 g/mol. The number of amides is 1. The number of amidine groups is 1. The number of nitrogens with two attached hydrogens (primary N) is 1. The van der Waals surface area contributed by atoms with Crippen molar-refractivity contribution in [3.8, 4) is 5.75 Å². The molecular formula is C15H23N3O3. The number of hydrogen-bond donors (Lipinski definition) is 2. The zero-order valence-electron chi connectivity index (χ0n) is 13.0. The van der Waals surface area contributed by atoms with E-state index < -0.39 is 0 Å². The van der Waals surface area contributed by atoms with Crippen LogP contribution in [0.2, 0.25) is 0 Å². The van der Waals surface area contributed by atoms with Gasteiger partial charge in [-0.15, -0.1) is 0 Å². The van der Waals surface area contributed by atoms with Crippen LogP contribution in [0.4, 0.5) is 0 Å². The molecule has 3 N–H and O–H groups in total. The number of rotatable bonds is 7. The Morgan fingerprint density at radius 1 is 1.38 bits per heavy atom. The monoisotopic (exact) mass is 293 g/mol. The summed E-state index contributed by atoms with van der Waals surface area (Å²) in [6, 6.07) is 7.18. The first-order valence-electron chi connectivity index (χ1n) is 6.79. The zero-order valence-corrected chi connectivity index (χ0v) is 13.0. The minimum absolute atomic E-state index is 0.162. The van der Waals surface area contributed by atoms with Crippen molar-refractivity contribution in [3.63, 3.8) is 0 Å². The van der Waals surface area contributed by atoms with Gasteiger partial charge in [-0.05, 0) is 32.4 Å². The van der Waals surface area contributed by atoms with Crippen molar-refractivity contribution in [1.29, 1.82) is 0 Å².